The molecule has 0 saturated carbocycles. The Labute approximate surface area is 82.5 Å². The molecule has 0 aliphatic rings. The molecule has 2 nitrogen and oxygen atoms in total. The molecule has 1 unspecified atom stereocenters. The molecule has 0 radical (unpaired) electrons. The molecule has 0 aliphatic carbocycles. The Morgan fingerprint density at radius 1 is 1.38 bits per heavy atom. The molecular formula is C11H22N2. The van der Waals surface area contributed by atoms with Gasteiger partial charge in [0.1, 0.15) is 0 Å². The van der Waals surface area contributed by atoms with Crippen LogP contribution in [-0.4, -0.2) is 30.6 Å². The molecule has 0 rings (SSSR count). The van der Waals surface area contributed by atoms with Crippen molar-refractivity contribution in [2.24, 2.45) is 5.73 Å². The highest BCUT2D eigenvalue weighted by atomic mass is 15.2. The second-order valence-electron chi connectivity index (χ2n) is 3.72. The van der Waals surface area contributed by atoms with Gasteiger partial charge in [-0.25, -0.2) is 0 Å². The smallest absolute Gasteiger partial charge is 0.0358 e. The van der Waals surface area contributed by atoms with E-state index in [0.717, 1.165) is 12.8 Å². The SMILES string of the molecule is C#CCC(N)C(CC)(CC)N(C)C. The normalized spacial score (nSPS) is 14.2. The monoisotopic (exact) mass is 182 g/mol. The summed E-state index contributed by atoms with van der Waals surface area (Å²) in [5.41, 5.74) is 6.16. The number of nitrogens with zero attached hydrogens (tertiary/aromatic N) is 1. The maximum Gasteiger partial charge on any atom is 0.0358 e. The molecule has 13 heavy (non-hydrogen) atoms. The second-order valence-corrected chi connectivity index (χ2v) is 3.72. The summed E-state index contributed by atoms with van der Waals surface area (Å²) in [4.78, 5) is 2.20. The standard InChI is InChI=1S/C11H22N2/c1-6-9-10(12)11(7-2,8-3)13(4)5/h1,10H,7-9,12H2,2-5H3. The van der Waals surface area contributed by atoms with Crippen molar-refractivity contribution in [3.8, 4) is 12.3 Å². The Morgan fingerprint density at radius 3 is 2.08 bits per heavy atom. The van der Waals surface area contributed by atoms with Crippen molar-refractivity contribution in [1.29, 1.82) is 0 Å². The van der Waals surface area contributed by atoms with Crippen LogP contribution in [0, 0.1) is 12.3 Å². The third kappa shape index (κ3) is 2.46. The third-order valence-electron chi connectivity index (χ3n) is 3.14. The number of terminal acetylenes is 1. The molecule has 0 bridgehead atoms. The van der Waals surface area contributed by atoms with Crippen LogP contribution in [0.25, 0.3) is 0 Å². The first-order valence-electron chi connectivity index (χ1n) is 4.91. The lowest BCUT2D eigenvalue weighted by molar-refractivity contribution is 0.107. The predicted octanol–water partition coefficient (Wildman–Crippen LogP) is 1.46. The highest BCUT2D eigenvalue weighted by Gasteiger charge is 2.34. The van der Waals surface area contributed by atoms with Gasteiger partial charge in [-0.15, -0.1) is 12.3 Å². The van der Waals surface area contributed by atoms with Crippen LogP contribution < -0.4 is 5.73 Å². The van der Waals surface area contributed by atoms with E-state index in [4.69, 9.17) is 12.2 Å². The van der Waals surface area contributed by atoms with Gasteiger partial charge in [-0.3, -0.25) is 0 Å². The molecule has 0 aromatic carbocycles. The average molecular weight is 182 g/mol. The first kappa shape index (κ1) is 12.5. The highest BCUT2D eigenvalue weighted by Crippen LogP contribution is 2.25. The van der Waals surface area contributed by atoms with Crippen molar-refractivity contribution in [2.45, 2.75) is 44.7 Å². The Hall–Kier alpha value is -0.520. The van der Waals surface area contributed by atoms with Crippen LogP contribution >= 0.6 is 0 Å². The van der Waals surface area contributed by atoms with Crippen molar-refractivity contribution in [3.05, 3.63) is 0 Å². The zero-order chi connectivity index (χ0) is 10.5. The number of rotatable bonds is 5. The van der Waals surface area contributed by atoms with Gasteiger partial charge in [0, 0.05) is 18.0 Å². The van der Waals surface area contributed by atoms with Gasteiger partial charge in [0.05, 0.1) is 0 Å². The summed E-state index contributed by atoms with van der Waals surface area (Å²) in [5.74, 6) is 2.64. The average Bonchev–Trinajstić information content (AvgIpc) is 2.07. The minimum atomic E-state index is 0.0619. The summed E-state index contributed by atoms with van der Waals surface area (Å²) >= 11 is 0. The molecule has 0 amide bonds. The minimum absolute atomic E-state index is 0.0619. The summed E-state index contributed by atoms with van der Waals surface area (Å²) in [5, 5.41) is 0. The van der Waals surface area contributed by atoms with E-state index in [1.165, 1.54) is 0 Å². The van der Waals surface area contributed by atoms with Crippen LogP contribution in [0.15, 0.2) is 0 Å². The molecule has 0 spiro atoms. The van der Waals surface area contributed by atoms with Gasteiger partial charge in [-0.2, -0.15) is 0 Å². The fraction of sp³-hybridized carbons (Fsp3) is 0.818. The Bertz CT molecular complexity index is 175. The number of nitrogens with two attached hydrogens (primary N) is 1. The summed E-state index contributed by atoms with van der Waals surface area (Å²) in [6.07, 6.45) is 8.02. The molecule has 2 heteroatoms. The van der Waals surface area contributed by atoms with E-state index in [1.54, 1.807) is 0 Å². The quantitative estimate of drug-likeness (QED) is 0.652. The van der Waals surface area contributed by atoms with Crippen molar-refractivity contribution < 1.29 is 0 Å². The van der Waals surface area contributed by atoms with Gasteiger partial charge >= 0.3 is 0 Å². The zero-order valence-electron chi connectivity index (χ0n) is 9.30. The zero-order valence-corrected chi connectivity index (χ0v) is 9.30. The molecule has 0 saturated heterocycles. The van der Waals surface area contributed by atoms with E-state index in [2.05, 4.69) is 38.8 Å². The summed E-state index contributed by atoms with van der Waals surface area (Å²) < 4.78 is 0. The fourth-order valence-electron chi connectivity index (χ4n) is 2.06. The van der Waals surface area contributed by atoms with E-state index in [9.17, 15) is 0 Å². The van der Waals surface area contributed by atoms with Gasteiger partial charge in [-0.1, -0.05) is 13.8 Å². The largest absolute Gasteiger partial charge is 0.325 e. The van der Waals surface area contributed by atoms with Crippen molar-refractivity contribution in [2.75, 3.05) is 14.1 Å². The van der Waals surface area contributed by atoms with E-state index in [0.29, 0.717) is 6.42 Å². The van der Waals surface area contributed by atoms with Gasteiger partial charge in [0.2, 0.25) is 0 Å². The van der Waals surface area contributed by atoms with Gasteiger partial charge in [0.15, 0.2) is 0 Å². The van der Waals surface area contributed by atoms with Crippen molar-refractivity contribution in [3.63, 3.8) is 0 Å². The van der Waals surface area contributed by atoms with E-state index >= 15 is 0 Å². The molecule has 0 aromatic rings. The lowest BCUT2D eigenvalue weighted by atomic mass is 9.82. The molecule has 0 aromatic heterocycles. The lowest BCUT2D eigenvalue weighted by Crippen LogP contribution is -2.56. The van der Waals surface area contributed by atoms with E-state index < -0.39 is 0 Å². The van der Waals surface area contributed by atoms with Crippen LogP contribution in [0.1, 0.15) is 33.1 Å². The van der Waals surface area contributed by atoms with Crippen LogP contribution in [-0.2, 0) is 0 Å². The first-order valence-corrected chi connectivity index (χ1v) is 4.91. The number of hydrogen-bond donors (Lipinski definition) is 1. The highest BCUT2D eigenvalue weighted by molar-refractivity contribution is 5.01. The van der Waals surface area contributed by atoms with Crippen LogP contribution in [0.5, 0.6) is 0 Å². The van der Waals surface area contributed by atoms with Crippen LogP contribution in [0.4, 0.5) is 0 Å². The predicted molar refractivity (Wildman–Crippen MR) is 58.4 cm³/mol. The molecule has 0 aliphatic heterocycles. The first-order chi connectivity index (χ1) is 6.05. The van der Waals surface area contributed by atoms with E-state index in [-0.39, 0.29) is 11.6 Å². The van der Waals surface area contributed by atoms with Gasteiger partial charge in [0.25, 0.3) is 0 Å². The number of likely N-dealkylation sites (N-methyl/N-ethyl adjacent to an activating group) is 1. The Balaban J connectivity index is 4.66. The number of hydrogen-bond acceptors (Lipinski definition) is 2. The lowest BCUT2D eigenvalue weighted by Gasteiger charge is -2.43. The summed E-state index contributed by atoms with van der Waals surface area (Å²) in [7, 11) is 4.15. The van der Waals surface area contributed by atoms with Crippen molar-refractivity contribution >= 4 is 0 Å². The van der Waals surface area contributed by atoms with Crippen LogP contribution in [0.2, 0.25) is 0 Å². The summed E-state index contributed by atoms with van der Waals surface area (Å²) in [6, 6.07) is 0.0718. The minimum Gasteiger partial charge on any atom is -0.325 e. The van der Waals surface area contributed by atoms with Crippen molar-refractivity contribution in [1.82, 2.24) is 4.90 Å². The Morgan fingerprint density at radius 2 is 1.85 bits per heavy atom. The second kappa shape index (κ2) is 5.26. The molecular weight excluding hydrogens is 160 g/mol. The molecule has 2 N–H and O–H groups in total. The van der Waals surface area contributed by atoms with E-state index in [1.807, 2.05) is 0 Å². The van der Waals surface area contributed by atoms with Gasteiger partial charge < -0.3 is 10.6 Å². The fourth-order valence-corrected chi connectivity index (χ4v) is 2.06. The maximum absolute atomic E-state index is 6.10. The Kier molecular flexibility index (Phi) is 5.05. The maximum atomic E-state index is 6.10. The third-order valence-corrected chi connectivity index (χ3v) is 3.14. The summed E-state index contributed by atoms with van der Waals surface area (Å²) in [6.45, 7) is 4.33. The van der Waals surface area contributed by atoms with Gasteiger partial charge in [-0.05, 0) is 26.9 Å². The molecule has 0 heterocycles. The molecule has 76 valence electrons. The molecule has 1 atom stereocenters. The van der Waals surface area contributed by atoms with Crippen LogP contribution in [0.3, 0.4) is 0 Å². The molecule has 0 fully saturated rings. The topological polar surface area (TPSA) is 29.3 Å².